The van der Waals surface area contributed by atoms with Crippen LogP contribution in [0.5, 0.6) is 0 Å². The van der Waals surface area contributed by atoms with E-state index in [0.717, 1.165) is 0 Å². The van der Waals surface area contributed by atoms with Crippen molar-refractivity contribution in [2.24, 2.45) is 0 Å². The molecule has 34 valence electrons. The van der Waals surface area contributed by atoms with Gasteiger partial charge in [0.15, 0.2) is 0 Å². The second kappa shape index (κ2) is 3.89. The zero-order valence-corrected chi connectivity index (χ0v) is 3.24. The minimum Gasteiger partial charge on any atom is -0.344 e. The zero-order chi connectivity index (χ0) is 2.12. The van der Waals surface area contributed by atoms with Crippen LogP contribution in [0.1, 0.15) is 19.3 Å². The van der Waals surface area contributed by atoms with Crippen molar-refractivity contribution in [3.05, 3.63) is 0 Å². The summed E-state index contributed by atoms with van der Waals surface area (Å²) in [5.41, 5.74) is 0. The molecule has 0 bridgehead atoms. The number of rotatable bonds is 0. The van der Waals surface area contributed by atoms with E-state index in [1.807, 2.05) is 0 Å². The fraction of sp³-hybridized carbons (Fsp3) is 1.00. The first-order valence-corrected chi connectivity index (χ1v) is 1.50. The minimum atomic E-state index is 0. The fourth-order valence-electron chi connectivity index (χ4n) is 0. The Labute approximate surface area is 31.3 Å². The molecule has 0 amide bonds. The van der Waals surface area contributed by atoms with E-state index in [9.17, 15) is 0 Å². The van der Waals surface area contributed by atoms with Crippen molar-refractivity contribution in [2.75, 3.05) is 0 Å². The third-order valence-electron chi connectivity index (χ3n) is 0.354. The molecule has 5 heavy (non-hydrogen) atoms. The zero-order valence-electron chi connectivity index (χ0n) is 3.24. The molecule has 2 heteroatoms. The molecule has 1 fully saturated rings. The van der Waals surface area contributed by atoms with Gasteiger partial charge in [-0.15, -0.1) is 0 Å². The van der Waals surface area contributed by atoms with Gasteiger partial charge in [-0.25, -0.2) is 0 Å². The van der Waals surface area contributed by atoms with Gasteiger partial charge in [-0.1, -0.05) is 19.3 Å². The lowest BCUT2D eigenvalue weighted by Gasteiger charge is -1.05. The van der Waals surface area contributed by atoms with E-state index in [-0.39, 0.29) is 10.9 Å². The first-order chi connectivity index (χ1) is 1.50. The molecule has 0 radical (unpaired) electrons. The first-order valence-electron chi connectivity index (χ1n) is 1.50. The maximum atomic E-state index is 1.50. The van der Waals surface area contributed by atoms with E-state index in [0.29, 0.717) is 0 Å². The highest BCUT2D eigenvalue weighted by Gasteiger charge is 1.95. The molecular weight excluding hydrogens is 69.0 g/mol. The van der Waals surface area contributed by atoms with Gasteiger partial charge in [0.25, 0.3) is 0 Å². The Hall–Kier alpha value is -0.110. The van der Waals surface area contributed by atoms with Gasteiger partial charge < -0.3 is 6.15 Å². The van der Waals surface area contributed by atoms with Crippen LogP contribution in [0.4, 0.5) is 4.70 Å². The third kappa shape index (κ3) is 17.5. The van der Waals surface area contributed by atoms with E-state index in [2.05, 4.69) is 0 Å². The molecule has 0 heterocycles. The molecule has 0 atom stereocenters. The molecule has 3 N–H and O–H groups in total. The largest absolute Gasteiger partial charge is 0.344 e. The van der Waals surface area contributed by atoms with Crippen molar-refractivity contribution in [1.82, 2.24) is 6.15 Å². The maximum absolute atomic E-state index is 1.50. The Kier molecular flexibility index (Phi) is 6.89. The van der Waals surface area contributed by atoms with Gasteiger partial charge in [0, 0.05) is 0 Å². The van der Waals surface area contributed by atoms with Crippen LogP contribution >= 0.6 is 0 Å². The third-order valence-corrected chi connectivity index (χ3v) is 0.354. The SMILES string of the molecule is C1CC1.F.N. The van der Waals surface area contributed by atoms with E-state index in [1.165, 1.54) is 19.3 Å². The summed E-state index contributed by atoms with van der Waals surface area (Å²) in [5, 5.41) is 0. The summed E-state index contributed by atoms with van der Waals surface area (Å²) < 4.78 is 0. The molecule has 0 aliphatic heterocycles. The van der Waals surface area contributed by atoms with Crippen LogP contribution in [0.15, 0.2) is 0 Å². The Morgan fingerprint density at radius 2 is 1.00 bits per heavy atom. The van der Waals surface area contributed by atoms with Crippen LogP contribution < -0.4 is 6.15 Å². The first kappa shape index (κ1) is 8.86. The van der Waals surface area contributed by atoms with Gasteiger partial charge in [-0.2, -0.15) is 0 Å². The number of halogens is 1. The summed E-state index contributed by atoms with van der Waals surface area (Å²) >= 11 is 0. The van der Waals surface area contributed by atoms with Crippen molar-refractivity contribution in [1.29, 1.82) is 0 Å². The lowest BCUT2D eigenvalue weighted by Crippen LogP contribution is -0.856. The standard InChI is InChI=1S/C3H6.FH.H3N/c1-2-3-1;;/h1-3H2;1H;1H3. The van der Waals surface area contributed by atoms with E-state index < -0.39 is 0 Å². The highest BCUT2D eigenvalue weighted by molar-refractivity contribution is 4.50. The molecule has 0 aromatic heterocycles. The van der Waals surface area contributed by atoms with Crippen LogP contribution in [-0.2, 0) is 0 Å². The van der Waals surface area contributed by atoms with Crippen LogP contribution in [0.25, 0.3) is 0 Å². The molecule has 0 aromatic rings. The van der Waals surface area contributed by atoms with E-state index >= 15 is 0 Å². The highest BCUT2D eigenvalue weighted by Crippen LogP contribution is 2.14. The van der Waals surface area contributed by atoms with Crippen LogP contribution in [-0.4, -0.2) is 0 Å². The highest BCUT2D eigenvalue weighted by atomic mass is 19.0. The van der Waals surface area contributed by atoms with Crippen molar-refractivity contribution < 1.29 is 4.70 Å². The predicted octanol–water partition coefficient (Wildman–Crippen LogP) is 1.48. The van der Waals surface area contributed by atoms with Crippen molar-refractivity contribution in [2.45, 2.75) is 19.3 Å². The molecule has 0 aromatic carbocycles. The molecule has 1 nitrogen and oxygen atoms in total. The van der Waals surface area contributed by atoms with Crippen LogP contribution in [0, 0.1) is 0 Å². The normalized spacial score (nSPS) is 14.4. The second-order valence-corrected chi connectivity index (χ2v) is 1.06. The van der Waals surface area contributed by atoms with Gasteiger partial charge in [0.2, 0.25) is 0 Å². The number of hydrogen-bond donors (Lipinski definition) is 1. The van der Waals surface area contributed by atoms with Gasteiger partial charge in [-0.3, -0.25) is 4.70 Å². The van der Waals surface area contributed by atoms with Crippen LogP contribution in [0.3, 0.4) is 0 Å². The number of hydrogen-bond acceptors (Lipinski definition) is 1. The summed E-state index contributed by atoms with van der Waals surface area (Å²) in [4.78, 5) is 0. The quantitative estimate of drug-likeness (QED) is 0.469. The van der Waals surface area contributed by atoms with Gasteiger partial charge in [0.1, 0.15) is 0 Å². The summed E-state index contributed by atoms with van der Waals surface area (Å²) in [7, 11) is 0. The van der Waals surface area contributed by atoms with Gasteiger partial charge >= 0.3 is 0 Å². The summed E-state index contributed by atoms with van der Waals surface area (Å²) in [6, 6.07) is 0. The van der Waals surface area contributed by atoms with E-state index in [1.54, 1.807) is 0 Å². The van der Waals surface area contributed by atoms with Gasteiger partial charge in [0.05, 0.1) is 0 Å². The Bertz CT molecular complexity index is 11.6. The average Bonchev–Trinajstić information content (AvgIpc) is 1.46. The Morgan fingerprint density at radius 1 is 0.800 bits per heavy atom. The van der Waals surface area contributed by atoms with Crippen LogP contribution in [0.2, 0.25) is 0 Å². The molecule has 0 spiro atoms. The minimum absolute atomic E-state index is 0. The molecular formula is C3H10FN. The predicted molar refractivity (Wildman–Crippen MR) is 21.4 cm³/mol. The average molecular weight is 79.1 g/mol. The molecule has 1 aliphatic carbocycles. The van der Waals surface area contributed by atoms with Gasteiger partial charge in [-0.05, 0) is 0 Å². The topological polar surface area (TPSA) is 35.0 Å². The second-order valence-electron chi connectivity index (χ2n) is 1.06. The summed E-state index contributed by atoms with van der Waals surface area (Å²) in [6.45, 7) is 0. The summed E-state index contributed by atoms with van der Waals surface area (Å²) in [6.07, 6.45) is 4.50. The lowest BCUT2D eigenvalue weighted by molar-refractivity contribution is 1.11. The monoisotopic (exact) mass is 79.1 g/mol. The fourth-order valence-corrected chi connectivity index (χ4v) is 0. The van der Waals surface area contributed by atoms with Crippen molar-refractivity contribution in [3.8, 4) is 0 Å². The lowest BCUT2D eigenvalue weighted by atomic mass is 11.0. The molecule has 0 saturated heterocycles. The van der Waals surface area contributed by atoms with Crippen molar-refractivity contribution >= 4 is 0 Å². The maximum Gasteiger partial charge on any atom is -0.0533 e. The molecule has 1 aliphatic rings. The smallest absolute Gasteiger partial charge is 0.0533 e. The Morgan fingerprint density at radius 3 is 1.00 bits per heavy atom. The summed E-state index contributed by atoms with van der Waals surface area (Å²) in [5.74, 6) is 0. The molecule has 1 rings (SSSR count). The molecule has 0 unspecified atom stereocenters. The van der Waals surface area contributed by atoms with Crippen molar-refractivity contribution in [3.63, 3.8) is 0 Å². The Balaban J connectivity index is 0. The van der Waals surface area contributed by atoms with E-state index in [4.69, 9.17) is 0 Å². The molecule has 1 saturated carbocycles.